The Labute approximate surface area is 118 Å². The van der Waals surface area contributed by atoms with Crippen molar-refractivity contribution < 1.29 is 4.92 Å². The monoisotopic (exact) mass is 324 g/mol. The smallest absolute Gasteiger partial charge is 0.258 e. The average molecular weight is 325 g/mol. The molecular weight excluding hydrogens is 312 g/mol. The summed E-state index contributed by atoms with van der Waals surface area (Å²) in [5.41, 5.74) is 2.05. The number of alkyl halides is 1. The van der Waals surface area contributed by atoms with Gasteiger partial charge < -0.3 is 0 Å². The van der Waals surface area contributed by atoms with E-state index >= 15 is 0 Å². The van der Waals surface area contributed by atoms with Crippen LogP contribution in [0.2, 0.25) is 0 Å². The second kappa shape index (κ2) is 5.48. The maximum Gasteiger partial charge on any atom is 0.295 e. The number of aryl methyl sites for hydroxylation is 1. The number of benzene rings is 1. The molecule has 0 bridgehead atoms. The van der Waals surface area contributed by atoms with Gasteiger partial charge in [-0.2, -0.15) is 0 Å². The average Bonchev–Trinajstić information content (AvgIpc) is 2.87. The maximum atomic E-state index is 11.1. The first kappa shape index (κ1) is 13.7. The summed E-state index contributed by atoms with van der Waals surface area (Å²) in [6, 6.07) is 5.03. The Kier molecular flexibility index (Phi) is 3.94. The third-order valence-corrected chi connectivity index (χ3v) is 3.88. The van der Waals surface area contributed by atoms with E-state index in [1.165, 1.54) is 10.7 Å². The summed E-state index contributed by atoms with van der Waals surface area (Å²) in [4.78, 5) is 10.8. The van der Waals surface area contributed by atoms with Crippen LogP contribution in [0.3, 0.4) is 0 Å². The Morgan fingerprint density at radius 1 is 1.53 bits per heavy atom. The Hall–Kier alpha value is -1.76. The molecule has 1 aromatic heterocycles. The van der Waals surface area contributed by atoms with Gasteiger partial charge >= 0.3 is 0 Å². The first-order chi connectivity index (χ1) is 9.02. The van der Waals surface area contributed by atoms with Crippen molar-refractivity contribution in [1.29, 1.82) is 0 Å². The van der Waals surface area contributed by atoms with Gasteiger partial charge in [-0.25, -0.2) is 4.68 Å². The molecular formula is C12H13BrN4O2. The topological polar surface area (TPSA) is 73.8 Å². The second-order valence-electron chi connectivity index (χ2n) is 4.21. The molecule has 0 N–H and O–H groups in total. The van der Waals surface area contributed by atoms with Gasteiger partial charge in [0.2, 0.25) is 0 Å². The van der Waals surface area contributed by atoms with Crippen molar-refractivity contribution in [2.24, 2.45) is 0 Å². The Morgan fingerprint density at radius 2 is 2.26 bits per heavy atom. The first-order valence-electron chi connectivity index (χ1n) is 5.84. The van der Waals surface area contributed by atoms with Gasteiger partial charge in [0.15, 0.2) is 0 Å². The van der Waals surface area contributed by atoms with Crippen LogP contribution in [0.1, 0.15) is 29.4 Å². The fourth-order valence-electron chi connectivity index (χ4n) is 1.72. The Bertz CT molecular complexity index is 612. The zero-order valence-corrected chi connectivity index (χ0v) is 12.2. The molecule has 100 valence electrons. The predicted molar refractivity (Wildman–Crippen MR) is 74.7 cm³/mol. The minimum atomic E-state index is -0.408. The molecule has 2 aromatic rings. The van der Waals surface area contributed by atoms with Crippen molar-refractivity contribution in [1.82, 2.24) is 15.0 Å². The largest absolute Gasteiger partial charge is 0.295 e. The third-order valence-electron chi connectivity index (χ3n) is 2.76. The molecule has 0 spiro atoms. The van der Waals surface area contributed by atoms with Crippen LogP contribution >= 0.6 is 15.9 Å². The number of nitro groups is 1. The molecule has 7 heteroatoms. The molecule has 1 aromatic carbocycles. The lowest BCUT2D eigenvalue weighted by Crippen LogP contribution is -2.01. The van der Waals surface area contributed by atoms with Gasteiger partial charge in [0.1, 0.15) is 5.69 Å². The third kappa shape index (κ3) is 2.81. The standard InChI is InChI=1S/C12H13BrN4O2/c1-3-9(13)10-7-16(15-14-10)11-5-4-8(2)6-12(11)17(18)19/h4-7,9H,3H2,1-2H3. The van der Waals surface area contributed by atoms with Crippen LogP contribution in [0.15, 0.2) is 24.4 Å². The van der Waals surface area contributed by atoms with Gasteiger partial charge in [0, 0.05) is 6.07 Å². The van der Waals surface area contributed by atoms with Gasteiger partial charge in [0.05, 0.1) is 21.6 Å². The van der Waals surface area contributed by atoms with Gasteiger partial charge in [-0.3, -0.25) is 10.1 Å². The first-order valence-corrected chi connectivity index (χ1v) is 6.76. The number of rotatable bonds is 4. The van der Waals surface area contributed by atoms with Gasteiger partial charge in [-0.1, -0.05) is 34.1 Å². The number of hydrogen-bond acceptors (Lipinski definition) is 4. The summed E-state index contributed by atoms with van der Waals surface area (Å²) in [6.07, 6.45) is 2.58. The number of aromatic nitrogens is 3. The molecule has 0 fully saturated rings. The summed E-state index contributed by atoms with van der Waals surface area (Å²) >= 11 is 3.48. The van der Waals surface area contributed by atoms with E-state index in [4.69, 9.17) is 0 Å². The highest BCUT2D eigenvalue weighted by atomic mass is 79.9. The van der Waals surface area contributed by atoms with E-state index in [0.717, 1.165) is 17.7 Å². The lowest BCUT2D eigenvalue weighted by molar-refractivity contribution is -0.384. The van der Waals surface area contributed by atoms with Crippen LogP contribution in [0, 0.1) is 17.0 Å². The minimum Gasteiger partial charge on any atom is -0.258 e. The molecule has 0 aliphatic heterocycles. The van der Waals surface area contributed by atoms with Crippen molar-refractivity contribution in [3.63, 3.8) is 0 Å². The van der Waals surface area contributed by atoms with E-state index in [-0.39, 0.29) is 10.5 Å². The highest BCUT2D eigenvalue weighted by Crippen LogP contribution is 2.27. The van der Waals surface area contributed by atoms with E-state index in [9.17, 15) is 10.1 Å². The molecule has 0 aliphatic carbocycles. The van der Waals surface area contributed by atoms with E-state index in [0.29, 0.717) is 5.69 Å². The van der Waals surface area contributed by atoms with Crippen LogP contribution in [-0.2, 0) is 0 Å². The van der Waals surface area contributed by atoms with E-state index in [2.05, 4.69) is 26.2 Å². The molecule has 19 heavy (non-hydrogen) atoms. The summed E-state index contributed by atoms with van der Waals surface area (Å²) in [6.45, 7) is 3.84. The zero-order valence-electron chi connectivity index (χ0n) is 10.6. The maximum absolute atomic E-state index is 11.1. The molecule has 1 atom stereocenters. The van der Waals surface area contributed by atoms with Gasteiger partial charge in [-0.15, -0.1) is 5.10 Å². The quantitative estimate of drug-likeness (QED) is 0.491. The van der Waals surface area contributed by atoms with Crippen LogP contribution < -0.4 is 0 Å². The van der Waals surface area contributed by atoms with E-state index < -0.39 is 4.92 Å². The molecule has 2 rings (SSSR count). The predicted octanol–water partition coefficient (Wildman–Crippen LogP) is 3.33. The number of nitro benzene ring substituents is 1. The Balaban J connectivity index is 2.47. The van der Waals surface area contributed by atoms with Gasteiger partial charge in [-0.05, 0) is 25.0 Å². The highest BCUT2D eigenvalue weighted by molar-refractivity contribution is 9.09. The van der Waals surface area contributed by atoms with Crippen molar-refractivity contribution >= 4 is 21.6 Å². The molecule has 0 amide bonds. The van der Waals surface area contributed by atoms with E-state index in [1.54, 1.807) is 12.3 Å². The van der Waals surface area contributed by atoms with Crippen molar-refractivity contribution in [2.75, 3.05) is 0 Å². The minimum absolute atomic E-state index is 0.0269. The lowest BCUT2D eigenvalue weighted by atomic mass is 10.2. The molecule has 0 saturated carbocycles. The molecule has 1 heterocycles. The number of nitrogens with zero attached hydrogens (tertiary/aromatic N) is 4. The molecule has 0 aliphatic rings. The highest BCUT2D eigenvalue weighted by Gasteiger charge is 2.18. The fraction of sp³-hybridized carbons (Fsp3) is 0.333. The Morgan fingerprint density at radius 3 is 2.89 bits per heavy atom. The zero-order chi connectivity index (χ0) is 14.0. The number of hydrogen-bond donors (Lipinski definition) is 0. The summed E-state index contributed by atoms with van der Waals surface area (Å²) in [5.74, 6) is 0. The normalized spacial score (nSPS) is 12.4. The SMILES string of the molecule is CCC(Br)c1cn(-c2ccc(C)cc2[N+](=O)[O-])nn1. The van der Waals surface area contributed by atoms with Crippen molar-refractivity contribution in [3.8, 4) is 5.69 Å². The fourth-order valence-corrected chi connectivity index (χ4v) is 1.93. The number of halogens is 1. The lowest BCUT2D eigenvalue weighted by Gasteiger charge is -2.03. The van der Waals surface area contributed by atoms with Crippen LogP contribution in [0.5, 0.6) is 0 Å². The molecule has 1 unspecified atom stereocenters. The second-order valence-corrected chi connectivity index (χ2v) is 5.32. The van der Waals surface area contributed by atoms with Crippen LogP contribution in [-0.4, -0.2) is 19.9 Å². The molecule has 6 nitrogen and oxygen atoms in total. The summed E-state index contributed by atoms with van der Waals surface area (Å²) in [7, 11) is 0. The van der Waals surface area contributed by atoms with Crippen LogP contribution in [0.4, 0.5) is 5.69 Å². The van der Waals surface area contributed by atoms with Crippen LogP contribution in [0.25, 0.3) is 5.69 Å². The molecule has 0 radical (unpaired) electrons. The summed E-state index contributed by atoms with van der Waals surface area (Å²) < 4.78 is 1.44. The van der Waals surface area contributed by atoms with Gasteiger partial charge in [0.25, 0.3) is 5.69 Å². The molecule has 0 saturated heterocycles. The van der Waals surface area contributed by atoms with Crippen molar-refractivity contribution in [3.05, 3.63) is 45.8 Å². The van der Waals surface area contributed by atoms with E-state index in [1.807, 2.05) is 19.9 Å². The summed E-state index contributed by atoms with van der Waals surface area (Å²) in [5, 5.41) is 19.1. The van der Waals surface area contributed by atoms with Crippen molar-refractivity contribution in [2.45, 2.75) is 25.1 Å².